The molecule has 0 radical (unpaired) electrons. The fourth-order valence-corrected chi connectivity index (χ4v) is 5.95. The summed E-state index contributed by atoms with van der Waals surface area (Å²) in [5.41, 5.74) is 0. The second kappa shape index (κ2) is 10.00. The maximum atomic E-state index is 13.1. The van der Waals surface area contributed by atoms with Gasteiger partial charge < -0.3 is 10.2 Å². The largest absolute Gasteiger partial charge is 0.356 e. The molecule has 2 fully saturated rings. The highest BCUT2D eigenvalue weighted by molar-refractivity contribution is 7.89. The summed E-state index contributed by atoms with van der Waals surface area (Å²) < 4.78 is 40.1. The van der Waals surface area contributed by atoms with Gasteiger partial charge in [-0.2, -0.15) is 4.31 Å². The number of nitrogens with zero attached hydrogens (tertiary/aromatic N) is 1. The van der Waals surface area contributed by atoms with Crippen molar-refractivity contribution in [2.75, 3.05) is 32.7 Å². The van der Waals surface area contributed by atoms with Gasteiger partial charge in [-0.25, -0.2) is 12.8 Å². The van der Waals surface area contributed by atoms with Crippen molar-refractivity contribution < 1.29 is 22.5 Å². The van der Waals surface area contributed by atoms with Crippen molar-refractivity contribution in [1.29, 1.82) is 0 Å². The highest BCUT2D eigenvalue weighted by atomic mass is 32.2. The summed E-state index contributed by atoms with van der Waals surface area (Å²) in [6, 6.07) is 5.54. The first-order valence-electron chi connectivity index (χ1n) is 10.8. The molecule has 1 unspecified atom stereocenters. The quantitative estimate of drug-likeness (QED) is 0.644. The second-order valence-electron chi connectivity index (χ2n) is 8.36. The second-order valence-corrected chi connectivity index (χ2v) is 10.3. The molecule has 0 bridgehead atoms. The number of hydrogen-bond acceptors (Lipinski definition) is 3. The van der Waals surface area contributed by atoms with Crippen LogP contribution in [0, 0.1) is 11.7 Å². The van der Waals surface area contributed by atoms with Gasteiger partial charge in [-0.05, 0) is 63.3 Å². The van der Waals surface area contributed by atoms with E-state index in [1.807, 2.05) is 0 Å². The molecule has 8 heteroatoms. The van der Waals surface area contributed by atoms with E-state index >= 15 is 0 Å². The number of sulfonamides is 1. The summed E-state index contributed by atoms with van der Waals surface area (Å²) in [4.78, 5) is 14.3. The zero-order valence-corrected chi connectivity index (χ0v) is 18.0. The zero-order valence-electron chi connectivity index (χ0n) is 17.2. The maximum absolute atomic E-state index is 13.1. The van der Waals surface area contributed by atoms with Gasteiger partial charge in [0.15, 0.2) is 0 Å². The van der Waals surface area contributed by atoms with Crippen molar-refractivity contribution >= 4 is 15.9 Å². The normalized spacial score (nSPS) is 26.2. The van der Waals surface area contributed by atoms with Crippen LogP contribution >= 0.6 is 0 Å². The van der Waals surface area contributed by atoms with E-state index in [0.717, 1.165) is 25.1 Å². The van der Waals surface area contributed by atoms with E-state index < -0.39 is 15.8 Å². The van der Waals surface area contributed by atoms with Crippen molar-refractivity contribution in [2.24, 2.45) is 5.92 Å². The number of rotatable bonds is 7. The molecule has 1 amide bonds. The molecule has 162 valence electrons. The van der Waals surface area contributed by atoms with Crippen LogP contribution in [0.4, 0.5) is 4.39 Å². The average molecular weight is 427 g/mol. The third kappa shape index (κ3) is 5.77. The average Bonchev–Trinajstić information content (AvgIpc) is 2.72. The molecule has 3 atom stereocenters. The lowest BCUT2D eigenvalue weighted by atomic mass is 9.99. The number of halogens is 1. The van der Waals surface area contributed by atoms with Crippen LogP contribution in [0.2, 0.25) is 0 Å². The summed E-state index contributed by atoms with van der Waals surface area (Å²) >= 11 is 0. The standard InChI is InChI=1S/C21H32FN3O3S/c1-17-6-2-3-13-24(17)14-5-12-23-21(26)18-7-4-15-25(16-18)29(27,28)20-10-8-19(22)9-11-20/h8-11,17-18H,2-7,12-16H2,1H3,(H,23,26)/p+1/t17-,18-/m1/s1. The summed E-state index contributed by atoms with van der Waals surface area (Å²) in [6.07, 6.45) is 6.16. The van der Waals surface area contributed by atoms with E-state index in [2.05, 4.69) is 12.2 Å². The third-order valence-electron chi connectivity index (χ3n) is 6.26. The minimum absolute atomic E-state index is 0.0642. The first kappa shape index (κ1) is 22.2. The Hall–Kier alpha value is -1.51. The Kier molecular flexibility index (Phi) is 7.65. The summed E-state index contributed by atoms with van der Waals surface area (Å²) in [7, 11) is -3.71. The number of carbonyl (C=O) groups excluding carboxylic acids is 1. The topological polar surface area (TPSA) is 70.9 Å². The van der Waals surface area contributed by atoms with Crippen molar-refractivity contribution in [3.63, 3.8) is 0 Å². The van der Waals surface area contributed by atoms with E-state index in [0.29, 0.717) is 32.0 Å². The molecule has 3 rings (SSSR count). The Morgan fingerprint density at radius 3 is 2.69 bits per heavy atom. The SMILES string of the molecule is C[C@@H]1CCCC[NH+]1CCCNC(=O)[C@@H]1CCCN(S(=O)(=O)c2ccc(F)cc2)C1. The smallest absolute Gasteiger partial charge is 0.243 e. The molecule has 0 saturated carbocycles. The van der Waals surface area contributed by atoms with Crippen LogP contribution in [-0.4, -0.2) is 57.4 Å². The molecule has 2 aliphatic heterocycles. The number of carbonyl (C=O) groups is 1. The fourth-order valence-electron chi connectivity index (χ4n) is 4.43. The van der Waals surface area contributed by atoms with Crippen molar-refractivity contribution in [3.05, 3.63) is 30.1 Å². The van der Waals surface area contributed by atoms with Crippen LogP contribution in [0.1, 0.15) is 45.4 Å². The van der Waals surface area contributed by atoms with E-state index in [-0.39, 0.29) is 23.3 Å². The molecule has 2 heterocycles. The lowest BCUT2D eigenvalue weighted by Gasteiger charge is -2.31. The predicted molar refractivity (Wildman–Crippen MR) is 110 cm³/mol. The number of likely N-dealkylation sites (tertiary alicyclic amines) is 1. The first-order chi connectivity index (χ1) is 13.9. The summed E-state index contributed by atoms with van der Waals surface area (Å²) in [6.45, 7) is 5.78. The predicted octanol–water partition coefficient (Wildman–Crippen LogP) is 1.19. The van der Waals surface area contributed by atoms with Gasteiger partial charge >= 0.3 is 0 Å². The van der Waals surface area contributed by atoms with Crippen LogP contribution in [0.5, 0.6) is 0 Å². The van der Waals surface area contributed by atoms with Gasteiger partial charge in [-0.1, -0.05) is 0 Å². The zero-order chi connectivity index (χ0) is 20.9. The molecule has 0 spiro atoms. The molecule has 29 heavy (non-hydrogen) atoms. The van der Waals surface area contributed by atoms with Crippen LogP contribution in [0.25, 0.3) is 0 Å². The van der Waals surface area contributed by atoms with Crippen LogP contribution in [0.15, 0.2) is 29.2 Å². The van der Waals surface area contributed by atoms with Crippen molar-refractivity contribution in [3.8, 4) is 0 Å². The van der Waals surface area contributed by atoms with Crippen LogP contribution < -0.4 is 10.2 Å². The lowest BCUT2D eigenvalue weighted by Crippen LogP contribution is -3.16. The first-order valence-corrected chi connectivity index (χ1v) is 12.2. The van der Waals surface area contributed by atoms with Gasteiger partial charge in [0.1, 0.15) is 5.82 Å². The Morgan fingerprint density at radius 2 is 1.97 bits per heavy atom. The highest BCUT2D eigenvalue weighted by Crippen LogP contribution is 2.24. The molecule has 2 saturated heterocycles. The Morgan fingerprint density at radius 1 is 1.21 bits per heavy atom. The van der Waals surface area contributed by atoms with Crippen molar-refractivity contribution in [2.45, 2.75) is 56.4 Å². The van der Waals surface area contributed by atoms with Gasteiger partial charge in [-0.3, -0.25) is 4.79 Å². The molecule has 0 aromatic heterocycles. The number of piperidine rings is 2. The Labute approximate surface area is 173 Å². The minimum Gasteiger partial charge on any atom is -0.356 e. The molecule has 2 aliphatic rings. The number of nitrogens with one attached hydrogen (secondary N) is 2. The van der Waals surface area contributed by atoms with Gasteiger partial charge in [0, 0.05) is 26.1 Å². The van der Waals surface area contributed by atoms with Gasteiger partial charge in [-0.15, -0.1) is 0 Å². The summed E-state index contributed by atoms with van der Waals surface area (Å²) in [5, 5.41) is 3.00. The molecule has 1 aromatic carbocycles. The van der Waals surface area contributed by atoms with E-state index in [1.165, 1.54) is 42.2 Å². The number of amides is 1. The molecular formula is C21H33FN3O3S+. The van der Waals surface area contributed by atoms with E-state index in [9.17, 15) is 17.6 Å². The molecule has 2 N–H and O–H groups in total. The molecule has 6 nitrogen and oxygen atoms in total. The van der Waals surface area contributed by atoms with Crippen LogP contribution in [-0.2, 0) is 14.8 Å². The van der Waals surface area contributed by atoms with Crippen molar-refractivity contribution in [1.82, 2.24) is 9.62 Å². The Balaban J connectivity index is 1.48. The Bertz CT molecular complexity index is 785. The monoisotopic (exact) mass is 426 g/mol. The van der Waals surface area contributed by atoms with Gasteiger partial charge in [0.05, 0.1) is 29.9 Å². The minimum atomic E-state index is -3.71. The fraction of sp³-hybridized carbons (Fsp3) is 0.667. The highest BCUT2D eigenvalue weighted by Gasteiger charge is 2.33. The van der Waals surface area contributed by atoms with Gasteiger partial charge in [0.2, 0.25) is 15.9 Å². The summed E-state index contributed by atoms with van der Waals surface area (Å²) in [5.74, 6) is -0.869. The molecule has 0 aliphatic carbocycles. The number of quaternary nitrogens is 1. The molecule has 1 aromatic rings. The van der Waals surface area contributed by atoms with Crippen LogP contribution in [0.3, 0.4) is 0 Å². The van der Waals surface area contributed by atoms with E-state index in [4.69, 9.17) is 0 Å². The third-order valence-corrected chi connectivity index (χ3v) is 8.14. The number of hydrogen-bond donors (Lipinski definition) is 2. The molecular weight excluding hydrogens is 393 g/mol. The van der Waals surface area contributed by atoms with E-state index in [1.54, 1.807) is 4.90 Å². The lowest BCUT2D eigenvalue weighted by molar-refractivity contribution is -0.928. The number of benzene rings is 1. The van der Waals surface area contributed by atoms with Gasteiger partial charge in [0.25, 0.3) is 0 Å². The maximum Gasteiger partial charge on any atom is 0.243 e.